The van der Waals surface area contributed by atoms with Crippen LogP contribution in [0.5, 0.6) is 0 Å². The zero-order chi connectivity index (χ0) is 14.2. The summed E-state index contributed by atoms with van der Waals surface area (Å²) < 4.78 is 29.3. The summed E-state index contributed by atoms with van der Waals surface area (Å²) in [6.45, 7) is 3.48. The Labute approximate surface area is 120 Å². The Morgan fingerprint density at radius 1 is 1.37 bits per heavy atom. The van der Waals surface area contributed by atoms with Gasteiger partial charge in [-0.3, -0.25) is 9.40 Å². The maximum Gasteiger partial charge on any atom is 0.266 e. The van der Waals surface area contributed by atoms with E-state index < -0.39 is 10.0 Å². The van der Waals surface area contributed by atoms with Gasteiger partial charge in [-0.05, 0) is 19.9 Å². The molecule has 0 aliphatic carbocycles. The molecule has 1 N–H and O–H groups in total. The Kier molecular flexibility index (Phi) is 3.64. The fourth-order valence-electron chi connectivity index (χ4n) is 1.54. The normalized spacial score (nSPS) is 11.6. The van der Waals surface area contributed by atoms with E-state index in [0.29, 0.717) is 11.5 Å². The van der Waals surface area contributed by atoms with Gasteiger partial charge in [0.25, 0.3) is 10.0 Å². The minimum atomic E-state index is -3.68. The Morgan fingerprint density at radius 2 is 2.05 bits per heavy atom. The molecular formula is C11H13BrN4O2S. The third-order valence-corrected chi connectivity index (χ3v) is 5.15. The molecule has 19 heavy (non-hydrogen) atoms. The quantitative estimate of drug-likeness (QED) is 0.923. The van der Waals surface area contributed by atoms with Gasteiger partial charge in [-0.15, -0.1) is 0 Å². The first-order valence-corrected chi connectivity index (χ1v) is 7.73. The maximum absolute atomic E-state index is 12.3. The molecule has 0 aromatic carbocycles. The standard InChI is InChI=1S/C11H13BrN4O2S/c1-7-9(12)4-5-13-11(7)15-19(17,18)10-6-14-16(3)8(10)2/h4-6H,1-3H3,(H,13,15). The van der Waals surface area contributed by atoms with Crippen LogP contribution in [0, 0.1) is 13.8 Å². The number of nitrogens with one attached hydrogen (secondary N) is 1. The average Bonchev–Trinajstić information content (AvgIpc) is 2.66. The van der Waals surface area contributed by atoms with Crippen LogP contribution in [-0.4, -0.2) is 23.2 Å². The molecule has 2 rings (SSSR count). The van der Waals surface area contributed by atoms with Crippen LogP contribution in [0.3, 0.4) is 0 Å². The number of hydrogen-bond acceptors (Lipinski definition) is 4. The summed E-state index contributed by atoms with van der Waals surface area (Å²) in [7, 11) is -1.99. The molecule has 8 heteroatoms. The van der Waals surface area contributed by atoms with Gasteiger partial charge in [0, 0.05) is 23.3 Å². The van der Waals surface area contributed by atoms with Gasteiger partial charge in [-0.25, -0.2) is 13.4 Å². The summed E-state index contributed by atoms with van der Waals surface area (Å²) in [5.41, 5.74) is 1.30. The van der Waals surface area contributed by atoms with Crippen molar-refractivity contribution in [3.63, 3.8) is 0 Å². The minimum Gasteiger partial charge on any atom is -0.272 e. The molecular weight excluding hydrogens is 332 g/mol. The molecule has 0 spiro atoms. The lowest BCUT2D eigenvalue weighted by atomic mass is 10.3. The predicted octanol–water partition coefficient (Wildman–Crippen LogP) is 2.00. The molecule has 0 amide bonds. The summed E-state index contributed by atoms with van der Waals surface area (Å²) in [5.74, 6) is 0.303. The summed E-state index contributed by atoms with van der Waals surface area (Å²) in [6.07, 6.45) is 2.86. The van der Waals surface area contributed by atoms with Gasteiger partial charge < -0.3 is 0 Å². The molecule has 2 aromatic rings. The molecule has 0 atom stereocenters. The van der Waals surface area contributed by atoms with Crippen molar-refractivity contribution in [1.82, 2.24) is 14.8 Å². The fourth-order valence-corrected chi connectivity index (χ4v) is 3.12. The van der Waals surface area contributed by atoms with Crippen molar-refractivity contribution >= 4 is 31.8 Å². The molecule has 0 saturated carbocycles. The average molecular weight is 345 g/mol. The number of halogens is 1. The summed E-state index contributed by atoms with van der Waals surface area (Å²) >= 11 is 3.34. The number of nitrogens with zero attached hydrogens (tertiary/aromatic N) is 3. The molecule has 102 valence electrons. The van der Waals surface area contributed by atoms with E-state index >= 15 is 0 Å². The summed E-state index contributed by atoms with van der Waals surface area (Å²) in [5, 5.41) is 3.93. The van der Waals surface area contributed by atoms with E-state index in [-0.39, 0.29) is 4.90 Å². The lowest BCUT2D eigenvalue weighted by Gasteiger charge is -2.10. The minimum absolute atomic E-state index is 0.149. The molecule has 0 radical (unpaired) electrons. The lowest BCUT2D eigenvalue weighted by molar-refractivity contribution is 0.600. The first-order chi connectivity index (χ1) is 8.83. The topological polar surface area (TPSA) is 76.9 Å². The number of aromatic nitrogens is 3. The lowest BCUT2D eigenvalue weighted by Crippen LogP contribution is -2.15. The van der Waals surface area contributed by atoms with Crippen LogP contribution in [0.25, 0.3) is 0 Å². The van der Waals surface area contributed by atoms with E-state index in [1.54, 1.807) is 27.0 Å². The van der Waals surface area contributed by atoms with Crippen LogP contribution >= 0.6 is 15.9 Å². The molecule has 0 saturated heterocycles. The van der Waals surface area contributed by atoms with E-state index in [2.05, 4.69) is 30.7 Å². The number of pyridine rings is 1. The van der Waals surface area contributed by atoms with Crippen molar-refractivity contribution < 1.29 is 8.42 Å². The van der Waals surface area contributed by atoms with Crippen molar-refractivity contribution in [1.29, 1.82) is 0 Å². The second kappa shape index (κ2) is 4.93. The maximum atomic E-state index is 12.3. The summed E-state index contributed by atoms with van der Waals surface area (Å²) in [4.78, 5) is 4.19. The number of rotatable bonds is 3. The van der Waals surface area contributed by atoms with Crippen molar-refractivity contribution in [3.8, 4) is 0 Å². The van der Waals surface area contributed by atoms with Crippen molar-refractivity contribution in [3.05, 3.63) is 34.2 Å². The van der Waals surface area contributed by atoms with Crippen molar-refractivity contribution in [2.24, 2.45) is 7.05 Å². The van der Waals surface area contributed by atoms with Gasteiger partial charge in [0.05, 0.1) is 11.9 Å². The molecule has 0 aliphatic heterocycles. The largest absolute Gasteiger partial charge is 0.272 e. The van der Waals surface area contributed by atoms with Crippen LogP contribution in [0.4, 0.5) is 5.82 Å². The van der Waals surface area contributed by atoms with Crippen LogP contribution in [0.1, 0.15) is 11.3 Å². The molecule has 0 fully saturated rings. The van der Waals surface area contributed by atoms with Gasteiger partial charge in [-0.1, -0.05) is 15.9 Å². The molecule has 2 heterocycles. The zero-order valence-corrected chi connectivity index (χ0v) is 13.1. The summed E-state index contributed by atoms with van der Waals surface area (Å²) in [6, 6.07) is 1.75. The predicted molar refractivity (Wildman–Crippen MR) is 75.4 cm³/mol. The van der Waals surface area contributed by atoms with E-state index in [1.807, 2.05) is 0 Å². The van der Waals surface area contributed by atoms with Crippen LogP contribution in [0.15, 0.2) is 27.8 Å². The van der Waals surface area contributed by atoms with Crippen LogP contribution in [0.2, 0.25) is 0 Å². The monoisotopic (exact) mass is 344 g/mol. The van der Waals surface area contributed by atoms with Gasteiger partial charge in [0.1, 0.15) is 10.7 Å². The number of anilines is 1. The highest BCUT2D eigenvalue weighted by Gasteiger charge is 2.21. The van der Waals surface area contributed by atoms with Crippen molar-refractivity contribution in [2.75, 3.05) is 4.72 Å². The third kappa shape index (κ3) is 2.64. The smallest absolute Gasteiger partial charge is 0.266 e. The second-order valence-corrected chi connectivity index (χ2v) is 6.59. The van der Waals surface area contributed by atoms with E-state index in [9.17, 15) is 8.42 Å². The van der Waals surface area contributed by atoms with Crippen molar-refractivity contribution in [2.45, 2.75) is 18.7 Å². The van der Waals surface area contributed by atoms with E-state index in [0.717, 1.165) is 10.0 Å². The van der Waals surface area contributed by atoms with Crippen LogP contribution < -0.4 is 4.72 Å². The number of sulfonamides is 1. The van der Waals surface area contributed by atoms with E-state index in [4.69, 9.17) is 0 Å². The van der Waals surface area contributed by atoms with Gasteiger partial charge in [0.2, 0.25) is 0 Å². The zero-order valence-electron chi connectivity index (χ0n) is 10.7. The first-order valence-electron chi connectivity index (χ1n) is 5.45. The Bertz CT molecular complexity index is 724. The third-order valence-electron chi connectivity index (χ3n) is 2.85. The molecule has 0 aliphatic rings. The van der Waals surface area contributed by atoms with Gasteiger partial charge >= 0.3 is 0 Å². The molecule has 0 bridgehead atoms. The SMILES string of the molecule is Cc1c(Br)ccnc1NS(=O)(=O)c1cnn(C)c1C. The van der Waals surface area contributed by atoms with Crippen LogP contribution in [-0.2, 0) is 17.1 Å². The molecule has 6 nitrogen and oxygen atoms in total. The van der Waals surface area contributed by atoms with Gasteiger partial charge in [-0.2, -0.15) is 5.10 Å². The molecule has 2 aromatic heterocycles. The number of hydrogen-bond donors (Lipinski definition) is 1. The molecule has 0 unspecified atom stereocenters. The Morgan fingerprint density at radius 3 is 2.63 bits per heavy atom. The highest BCUT2D eigenvalue weighted by molar-refractivity contribution is 9.10. The van der Waals surface area contributed by atoms with Gasteiger partial charge in [0.15, 0.2) is 0 Å². The second-order valence-electron chi connectivity index (χ2n) is 4.09. The highest BCUT2D eigenvalue weighted by Crippen LogP contribution is 2.24. The fraction of sp³-hybridized carbons (Fsp3) is 0.273. The van der Waals surface area contributed by atoms with E-state index in [1.165, 1.54) is 17.1 Å². The Balaban J connectivity index is 2.42. The first kappa shape index (κ1) is 14.0. The number of aryl methyl sites for hydroxylation is 1. The Hall–Kier alpha value is -1.41. The highest BCUT2D eigenvalue weighted by atomic mass is 79.9.